The Hall–Kier alpha value is -1.35. The van der Waals surface area contributed by atoms with E-state index in [1.807, 2.05) is 12.1 Å². The van der Waals surface area contributed by atoms with Crippen molar-refractivity contribution in [3.63, 3.8) is 0 Å². The number of nitrogens with zero attached hydrogens (tertiary/aromatic N) is 1. The van der Waals surface area contributed by atoms with Crippen LogP contribution in [0.5, 0.6) is 0 Å². The highest BCUT2D eigenvalue weighted by Crippen LogP contribution is 2.37. The van der Waals surface area contributed by atoms with Crippen LogP contribution in [0.1, 0.15) is 42.9 Å². The van der Waals surface area contributed by atoms with Gasteiger partial charge in [0.2, 0.25) is 0 Å². The molecular formula is C13H16N2O. The van der Waals surface area contributed by atoms with Crippen molar-refractivity contribution in [3.05, 3.63) is 29.5 Å². The number of benzene rings is 1. The Morgan fingerprint density at radius 1 is 1.31 bits per heavy atom. The lowest BCUT2D eigenvalue weighted by Gasteiger charge is -2.04. The molecule has 1 fully saturated rings. The minimum Gasteiger partial charge on any atom is -0.360 e. The quantitative estimate of drug-likeness (QED) is 0.839. The summed E-state index contributed by atoms with van der Waals surface area (Å²) in [5.74, 6) is 1.64. The third-order valence-corrected chi connectivity index (χ3v) is 3.53. The maximum absolute atomic E-state index is 5.66. The topological polar surface area (TPSA) is 52.0 Å². The molecule has 3 rings (SSSR count). The fourth-order valence-corrected chi connectivity index (χ4v) is 2.62. The van der Waals surface area contributed by atoms with Gasteiger partial charge in [-0.3, -0.25) is 0 Å². The molecule has 2 N–H and O–H groups in total. The first-order valence-electron chi connectivity index (χ1n) is 5.97. The van der Waals surface area contributed by atoms with Gasteiger partial charge in [0, 0.05) is 17.8 Å². The minimum absolute atomic E-state index is 0.568. The highest BCUT2D eigenvalue weighted by molar-refractivity contribution is 5.81. The molecule has 1 aromatic carbocycles. The van der Waals surface area contributed by atoms with Gasteiger partial charge in [0.05, 0.1) is 0 Å². The van der Waals surface area contributed by atoms with E-state index in [9.17, 15) is 0 Å². The van der Waals surface area contributed by atoms with Crippen molar-refractivity contribution >= 4 is 10.9 Å². The van der Waals surface area contributed by atoms with Crippen LogP contribution in [0.25, 0.3) is 10.9 Å². The van der Waals surface area contributed by atoms with E-state index in [1.54, 1.807) is 0 Å². The third kappa shape index (κ3) is 1.52. The minimum atomic E-state index is 0.568. The van der Waals surface area contributed by atoms with Crippen molar-refractivity contribution in [1.29, 1.82) is 0 Å². The maximum atomic E-state index is 5.66. The van der Waals surface area contributed by atoms with Crippen LogP contribution < -0.4 is 5.73 Å². The van der Waals surface area contributed by atoms with Crippen molar-refractivity contribution in [3.8, 4) is 0 Å². The van der Waals surface area contributed by atoms with E-state index >= 15 is 0 Å². The SMILES string of the molecule is NCc1ccc2noc(C3CCCC3)c2c1. The Morgan fingerprint density at radius 3 is 2.88 bits per heavy atom. The van der Waals surface area contributed by atoms with E-state index in [1.165, 1.54) is 25.7 Å². The first-order valence-corrected chi connectivity index (χ1v) is 5.97. The van der Waals surface area contributed by atoms with Crippen LogP contribution in [0.15, 0.2) is 22.7 Å². The zero-order chi connectivity index (χ0) is 11.0. The molecule has 0 spiro atoms. The summed E-state index contributed by atoms with van der Waals surface area (Å²) in [5.41, 5.74) is 7.77. The lowest BCUT2D eigenvalue weighted by Crippen LogP contribution is -1.96. The van der Waals surface area contributed by atoms with Crippen LogP contribution >= 0.6 is 0 Å². The molecule has 1 saturated carbocycles. The van der Waals surface area contributed by atoms with Crippen molar-refractivity contribution in [2.45, 2.75) is 38.1 Å². The molecule has 1 aromatic heterocycles. The summed E-state index contributed by atoms with van der Waals surface area (Å²) < 4.78 is 5.51. The molecule has 0 radical (unpaired) electrons. The molecular weight excluding hydrogens is 200 g/mol. The number of rotatable bonds is 2. The van der Waals surface area contributed by atoms with Crippen molar-refractivity contribution in [2.75, 3.05) is 0 Å². The molecule has 84 valence electrons. The van der Waals surface area contributed by atoms with Crippen LogP contribution in [0.3, 0.4) is 0 Å². The number of aromatic nitrogens is 1. The molecule has 3 heteroatoms. The zero-order valence-corrected chi connectivity index (χ0v) is 9.28. The monoisotopic (exact) mass is 216 g/mol. The van der Waals surface area contributed by atoms with Gasteiger partial charge in [-0.1, -0.05) is 24.1 Å². The second-order valence-corrected chi connectivity index (χ2v) is 4.58. The maximum Gasteiger partial charge on any atom is 0.147 e. The highest BCUT2D eigenvalue weighted by atomic mass is 16.5. The Labute approximate surface area is 94.6 Å². The van der Waals surface area contributed by atoms with Gasteiger partial charge >= 0.3 is 0 Å². The summed E-state index contributed by atoms with van der Waals surface area (Å²) in [6.07, 6.45) is 5.08. The van der Waals surface area contributed by atoms with Gasteiger partial charge in [-0.25, -0.2) is 0 Å². The molecule has 16 heavy (non-hydrogen) atoms. The predicted molar refractivity (Wildman–Crippen MR) is 63.1 cm³/mol. The van der Waals surface area contributed by atoms with Crippen LogP contribution in [-0.4, -0.2) is 5.16 Å². The number of hydrogen-bond acceptors (Lipinski definition) is 3. The fourth-order valence-electron chi connectivity index (χ4n) is 2.62. The van der Waals surface area contributed by atoms with Crippen LogP contribution in [-0.2, 0) is 6.54 Å². The van der Waals surface area contributed by atoms with E-state index in [0.29, 0.717) is 12.5 Å². The third-order valence-electron chi connectivity index (χ3n) is 3.53. The Kier molecular flexibility index (Phi) is 2.40. The molecule has 0 saturated heterocycles. The summed E-state index contributed by atoms with van der Waals surface area (Å²) in [4.78, 5) is 0. The molecule has 1 aliphatic carbocycles. The Bertz CT molecular complexity index is 498. The second kappa shape index (κ2) is 3.91. The van der Waals surface area contributed by atoms with Crippen molar-refractivity contribution in [1.82, 2.24) is 5.16 Å². The average Bonchev–Trinajstić information content (AvgIpc) is 2.96. The van der Waals surface area contributed by atoms with E-state index in [-0.39, 0.29) is 0 Å². The first-order chi connectivity index (χ1) is 7.88. The molecule has 0 atom stereocenters. The lowest BCUT2D eigenvalue weighted by atomic mass is 10.0. The van der Waals surface area contributed by atoms with Gasteiger partial charge < -0.3 is 10.3 Å². The predicted octanol–water partition coefficient (Wildman–Crippen LogP) is 2.94. The van der Waals surface area contributed by atoms with E-state index < -0.39 is 0 Å². The normalized spacial score (nSPS) is 17.3. The summed E-state index contributed by atoms with van der Waals surface area (Å²) in [6.45, 7) is 0.575. The van der Waals surface area contributed by atoms with Crippen LogP contribution in [0.2, 0.25) is 0 Å². The van der Waals surface area contributed by atoms with Gasteiger partial charge in [0.1, 0.15) is 11.3 Å². The second-order valence-electron chi connectivity index (χ2n) is 4.58. The van der Waals surface area contributed by atoms with Crippen LogP contribution in [0, 0.1) is 0 Å². The van der Waals surface area contributed by atoms with Crippen LogP contribution in [0.4, 0.5) is 0 Å². The molecule has 2 aromatic rings. The molecule has 1 heterocycles. The lowest BCUT2D eigenvalue weighted by molar-refractivity contribution is 0.368. The number of fused-ring (bicyclic) bond motifs is 1. The summed E-state index contributed by atoms with van der Waals surface area (Å²) in [7, 11) is 0. The number of hydrogen-bond donors (Lipinski definition) is 1. The van der Waals surface area contributed by atoms with E-state index in [4.69, 9.17) is 10.3 Å². The molecule has 3 nitrogen and oxygen atoms in total. The van der Waals surface area contributed by atoms with Gasteiger partial charge in [0.15, 0.2) is 0 Å². The highest BCUT2D eigenvalue weighted by Gasteiger charge is 2.23. The largest absolute Gasteiger partial charge is 0.360 e. The summed E-state index contributed by atoms with van der Waals surface area (Å²) in [6, 6.07) is 6.14. The smallest absolute Gasteiger partial charge is 0.147 e. The van der Waals surface area contributed by atoms with Crippen molar-refractivity contribution in [2.24, 2.45) is 5.73 Å². The van der Waals surface area contributed by atoms with Gasteiger partial charge in [-0.2, -0.15) is 0 Å². The summed E-state index contributed by atoms with van der Waals surface area (Å²) >= 11 is 0. The Morgan fingerprint density at radius 2 is 2.12 bits per heavy atom. The number of nitrogens with two attached hydrogens (primary N) is 1. The standard InChI is InChI=1S/C13H16N2O/c14-8-9-5-6-12-11(7-9)13(16-15-12)10-3-1-2-4-10/h5-7,10H,1-4,8,14H2. The molecule has 0 amide bonds. The molecule has 0 unspecified atom stereocenters. The average molecular weight is 216 g/mol. The van der Waals surface area contributed by atoms with Gasteiger partial charge in [-0.15, -0.1) is 0 Å². The summed E-state index contributed by atoms with van der Waals surface area (Å²) in [5, 5.41) is 5.28. The van der Waals surface area contributed by atoms with Gasteiger partial charge in [-0.05, 0) is 30.5 Å². The molecule has 0 bridgehead atoms. The molecule has 1 aliphatic rings. The van der Waals surface area contributed by atoms with E-state index in [2.05, 4.69) is 11.2 Å². The van der Waals surface area contributed by atoms with E-state index in [0.717, 1.165) is 22.2 Å². The van der Waals surface area contributed by atoms with Crippen molar-refractivity contribution < 1.29 is 4.52 Å². The first kappa shape index (κ1) is 9.85. The van der Waals surface area contributed by atoms with Gasteiger partial charge in [0.25, 0.3) is 0 Å². The molecule has 0 aliphatic heterocycles. The zero-order valence-electron chi connectivity index (χ0n) is 9.28. The Balaban J connectivity index is 2.09. The fraction of sp³-hybridized carbons (Fsp3) is 0.462.